The zero-order chi connectivity index (χ0) is 16.8. The number of amides is 1. The van der Waals surface area contributed by atoms with Gasteiger partial charge in [-0.05, 0) is 44.4 Å². The molecule has 6 heteroatoms. The number of carboxylic acid groups (broad SMARTS) is 1. The fourth-order valence-corrected chi connectivity index (χ4v) is 2.45. The summed E-state index contributed by atoms with van der Waals surface area (Å²) < 4.78 is 11.1. The Morgan fingerprint density at radius 1 is 1.22 bits per heavy atom. The summed E-state index contributed by atoms with van der Waals surface area (Å²) in [5.74, 6) is -0.192. The number of ether oxygens (including phenoxy) is 2. The van der Waals surface area contributed by atoms with E-state index in [1.165, 1.54) is 0 Å². The van der Waals surface area contributed by atoms with Crippen LogP contribution in [0.25, 0.3) is 0 Å². The summed E-state index contributed by atoms with van der Waals surface area (Å²) in [6.07, 6.45) is 1.86. The normalized spacial score (nSPS) is 19.6. The molecule has 1 aromatic rings. The molecule has 1 fully saturated rings. The lowest BCUT2D eigenvalue weighted by Crippen LogP contribution is -2.46. The first kappa shape index (κ1) is 17.1. The van der Waals surface area contributed by atoms with Crippen molar-refractivity contribution in [2.24, 2.45) is 5.92 Å². The van der Waals surface area contributed by atoms with Gasteiger partial charge in [0.15, 0.2) is 11.5 Å². The van der Waals surface area contributed by atoms with Crippen LogP contribution in [0.4, 0.5) is 0 Å². The number of nitrogens with one attached hydrogen (secondary N) is 1. The van der Waals surface area contributed by atoms with Crippen LogP contribution in [0.1, 0.15) is 43.5 Å². The largest absolute Gasteiger partial charge is 0.490 e. The van der Waals surface area contributed by atoms with Crippen molar-refractivity contribution in [2.75, 3.05) is 13.2 Å². The van der Waals surface area contributed by atoms with Crippen molar-refractivity contribution in [3.63, 3.8) is 0 Å². The van der Waals surface area contributed by atoms with Gasteiger partial charge in [0.2, 0.25) is 0 Å². The van der Waals surface area contributed by atoms with Gasteiger partial charge in [0.05, 0.1) is 19.1 Å². The summed E-state index contributed by atoms with van der Waals surface area (Å²) in [6.45, 7) is 4.96. The van der Waals surface area contributed by atoms with E-state index in [-0.39, 0.29) is 17.9 Å². The van der Waals surface area contributed by atoms with Crippen molar-refractivity contribution in [2.45, 2.75) is 39.2 Å². The van der Waals surface area contributed by atoms with Crippen molar-refractivity contribution in [1.29, 1.82) is 0 Å². The number of carbonyl (C=O) groups excluding carboxylic acids is 1. The minimum Gasteiger partial charge on any atom is -0.490 e. The highest BCUT2D eigenvalue weighted by Gasteiger charge is 2.35. The lowest BCUT2D eigenvalue weighted by molar-refractivity contribution is -0.145. The van der Waals surface area contributed by atoms with Crippen LogP contribution in [-0.4, -0.2) is 36.2 Å². The van der Waals surface area contributed by atoms with Crippen molar-refractivity contribution < 1.29 is 24.2 Å². The Morgan fingerprint density at radius 3 is 2.57 bits per heavy atom. The lowest BCUT2D eigenvalue weighted by Gasteiger charge is -2.32. The first-order chi connectivity index (χ1) is 11.0. The molecule has 126 valence electrons. The Labute approximate surface area is 135 Å². The molecule has 0 aliphatic heterocycles. The molecule has 0 heterocycles. The highest BCUT2D eigenvalue weighted by molar-refractivity contribution is 5.95. The molecule has 0 aromatic heterocycles. The first-order valence-electron chi connectivity index (χ1n) is 7.98. The zero-order valence-electron chi connectivity index (χ0n) is 13.5. The van der Waals surface area contributed by atoms with E-state index in [0.717, 1.165) is 6.42 Å². The summed E-state index contributed by atoms with van der Waals surface area (Å²) in [4.78, 5) is 23.0. The Bertz CT molecular complexity index is 566. The third-order valence-corrected chi connectivity index (χ3v) is 3.79. The number of hydrogen-bond donors (Lipinski definition) is 2. The smallest absolute Gasteiger partial charge is 0.306 e. The highest BCUT2D eigenvalue weighted by Crippen LogP contribution is 2.30. The molecular weight excluding hydrogens is 298 g/mol. The van der Waals surface area contributed by atoms with Crippen LogP contribution in [-0.2, 0) is 4.79 Å². The van der Waals surface area contributed by atoms with E-state index >= 15 is 0 Å². The minimum absolute atomic E-state index is 0.0739. The predicted molar refractivity (Wildman–Crippen MR) is 85.0 cm³/mol. The number of carboxylic acids is 1. The van der Waals surface area contributed by atoms with Gasteiger partial charge in [0.25, 0.3) is 5.91 Å². The van der Waals surface area contributed by atoms with Crippen LogP contribution in [0.2, 0.25) is 0 Å². The molecule has 1 saturated carbocycles. The van der Waals surface area contributed by atoms with E-state index in [1.807, 2.05) is 13.8 Å². The average Bonchev–Trinajstić information content (AvgIpc) is 2.48. The zero-order valence-corrected chi connectivity index (χ0v) is 13.5. The number of benzene rings is 1. The maximum absolute atomic E-state index is 12.3. The van der Waals surface area contributed by atoms with Gasteiger partial charge in [-0.2, -0.15) is 0 Å². The van der Waals surface area contributed by atoms with E-state index in [0.29, 0.717) is 43.1 Å². The second-order valence-corrected chi connectivity index (χ2v) is 5.62. The average molecular weight is 321 g/mol. The fourth-order valence-electron chi connectivity index (χ4n) is 2.45. The van der Waals surface area contributed by atoms with Crippen molar-refractivity contribution in [3.8, 4) is 11.5 Å². The van der Waals surface area contributed by atoms with E-state index in [4.69, 9.17) is 14.6 Å². The summed E-state index contributed by atoms with van der Waals surface area (Å²) in [6, 6.07) is 5.01. The standard InChI is InChI=1S/C17H23NO5/c1-3-7-23-14-6-5-11(10-15(14)22-4-2)16(19)18-13-8-12(9-13)17(20)21/h5-6,10,12-13H,3-4,7-9H2,1-2H3,(H,18,19)(H,20,21). The Balaban J connectivity index is 2.00. The van der Waals surface area contributed by atoms with Gasteiger partial charge >= 0.3 is 5.97 Å². The van der Waals surface area contributed by atoms with Gasteiger partial charge in [0.1, 0.15) is 0 Å². The van der Waals surface area contributed by atoms with Gasteiger partial charge < -0.3 is 19.9 Å². The minimum atomic E-state index is -0.799. The molecule has 0 bridgehead atoms. The van der Waals surface area contributed by atoms with E-state index < -0.39 is 5.97 Å². The van der Waals surface area contributed by atoms with Crippen LogP contribution in [0.5, 0.6) is 11.5 Å². The number of rotatable bonds is 8. The molecule has 1 aliphatic carbocycles. The molecule has 23 heavy (non-hydrogen) atoms. The molecule has 1 amide bonds. The van der Waals surface area contributed by atoms with Crippen LogP contribution in [0, 0.1) is 5.92 Å². The SMILES string of the molecule is CCCOc1ccc(C(=O)NC2CC(C(=O)O)C2)cc1OCC. The monoisotopic (exact) mass is 321 g/mol. The molecule has 1 aliphatic rings. The lowest BCUT2D eigenvalue weighted by atomic mass is 9.80. The van der Waals surface area contributed by atoms with Crippen molar-refractivity contribution >= 4 is 11.9 Å². The first-order valence-corrected chi connectivity index (χ1v) is 7.98. The fraction of sp³-hybridized carbons (Fsp3) is 0.529. The molecule has 0 radical (unpaired) electrons. The van der Waals surface area contributed by atoms with Gasteiger partial charge in [-0.25, -0.2) is 0 Å². The number of hydrogen-bond acceptors (Lipinski definition) is 4. The molecule has 0 unspecified atom stereocenters. The Morgan fingerprint density at radius 2 is 1.96 bits per heavy atom. The summed E-state index contributed by atoms with van der Waals surface area (Å²) in [7, 11) is 0. The highest BCUT2D eigenvalue weighted by atomic mass is 16.5. The van der Waals surface area contributed by atoms with Crippen molar-refractivity contribution in [3.05, 3.63) is 23.8 Å². The van der Waals surface area contributed by atoms with E-state index in [2.05, 4.69) is 5.32 Å². The Kier molecular flexibility index (Phi) is 5.84. The number of carbonyl (C=O) groups is 2. The van der Waals surface area contributed by atoms with Crippen LogP contribution in [0.3, 0.4) is 0 Å². The molecule has 0 spiro atoms. The van der Waals surface area contributed by atoms with Gasteiger partial charge in [-0.15, -0.1) is 0 Å². The van der Waals surface area contributed by atoms with Gasteiger partial charge in [0, 0.05) is 11.6 Å². The van der Waals surface area contributed by atoms with Gasteiger partial charge in [-0.1, -0.05) is 6.92 Å². The second kappa shape index (κ2) is 7.85. The van der Waals surface area contributed by atoms with E-state index in [9.17, 15) is 9.59 Å². The van der Waals surface area contributed by atoms with Crippen molar-refractivity contribution in [1.82, 2.24) is 5.32 Å². The summed E-state index contributed by atoms with van der Waals surface area (Å²) in [5, 5.41) is 11.7. The third-order valence-electron chi connectivity index (χ3n) is 3.79. The molecule has 2 rings (SSSR count). The third kappa shape index (κ3) is 4.37. The molecule has 0 saturated heterocycles. The van der Waals surface area contributed by atoms with Crippen LogP contribution in [0.15, 0.2) is 18.2 Å². The molecule has 1 aromatic carbocycles. The van der Waals surface area contributed by atoms with Crippen LogP contribution >= 0.6 is 0 Å². The topological polar surface area (TPSA) is 84.9 Å². The maximum atomic E-state index is 12.3. The molecule has 2 N–H and O–H groups in total. The van der Waals surface area contributed by atoms with Crippen LogP contribution < -0.4 is 14.8 Å². The summed E-state index contributed by atoms with van der Waals surface area (Å²) in [5.41, 5.74) is 0.482. The molecular formula is C17H23NO5. The molecule has 0 atom stereocenters. The maximum Gasteiger partial charge on any atom is 0.306 e. The van der Waals surface area contributed by atoms with Gasteiger partial charge in [-0.3, -0.25) is 9.59 Å². The summed E-state index contributed by atoms with van der Waals surface area (Å²) >= 11 is 0. The second-order valence-electron chi connectivity index (χ2n) is 5.62. The number of aliphatic carboxylic acids is 1. The van der Waals surface area contributed by atoms with E-state index in [1.54, 1.807) is 18.2 Å². The molecule has 6 nitrogen and oxygen atoms in total. The Hall–Kier alpha value is -2.24. The predicted octanol–water partition coefficient (Wildman–Crippen LogP) is 2.47. The quantitative estimate of drug-likeness (QED) is 0.768.